The van der Waals surface area contributed by atoms with Gasteiger partial charge < -0.3 is 14.9 Å². The molecule has 2 heterocycles. The molecule has 1 N–H and O–H groups in total. The lowest BCUT2D eigenvalue weighted by molar-refractivity contribution is -0.124. The van der Waals surface area contributed by atoms with Gasteiger partial charge in [0.05, 0.1) is 18.2 Å². The van der Waals surface area contributed by atoms with E-state index in [0.717, 1.165) is 12.8 Å². The maximum atomic E-state index is 12.6. The predicted octanol–water partition coefficient (Wildman–Crippen LogP) is 1.85. The smallest absolute Gasteiger partial charge is 0.234 e. The molecule has 0 radical (unpaired) electrons. The van der Waals surface area contributed by atoms with Crippen LogP contribution in [0.15, 0.2) is 6.20 Å². The quantitative estimate of drug-likeness (QED) is 0.841. The molecule has 3 rings (SSSR count). The van der Waals surface area contributed by atoms with Gasteiger partial charge in [-0.25, -0.2) is 4.98 Å². The van der Waals surface area contributed by atoms with Crippen molar-refractivity contribution in [2.24, 2.45) is 5.92 Å². The zero-order valence-corrected chi connectivity index (χ0v) is 13.6. The highest BCUT2D eigenvalue weighted by atomic mass is 35.5. The van der Waals surface area contributed by atoms with Crippen LogP contribution in [0.3, 0.4) is 0 Å². The molecule has 0 bridgehead atoms. The molecule has 1 aromatic rings. The lowest BCUT2D eigenvalue weighted by Crippen LogP contribution is -2.44. The van der Waals surface area contributed by atoms with Crippen LogP contribution in [-0.2, 0) is 4.79 Å². The van der Waals surface area contributed by atoms with Gasteiger partial charge in [0.25, 0.3) is 0 Å². The van der Waals surface area contributed by atoms with Crippen LogP contribution in [0.4, 0.5) is 11.5 Å². The number of hydrogen-bond donors (Lipinski definition) is 1. The van der Waals surface area contributed by atoms with Crippen molar-refractivity contribution < 1.29 is 9.90 Å². The summed E-state index contributed by atoms with van der Waals surface area (Å²) < 4.78 is 0. The van der Waals surface area contributed by atoms with Crippen molar-refractivity contribution in [1.29, 1.82) is 0 Å². The second kappa shape index (κ2) is 6.01. The number of anilines is 2. The molecule has 1 aromatic heterocycles. The summed E-state index contributed by atoms with van der Waals surface area (Å²) in [4.78, 5) is 24.7. The third kappa shape index (κ3) is 2.65. The van der Waals surface area contributed by atoms with Crippen LogP contribution < -0.4 is 9.80 Å². The minimum absolute atomic E-state index is 0.109. The number of aliphatic hydroxyl groups excluding tert-OH is 1. The van der Waals surface area contributed by atoms with Gasteiger partial charge in [-0.1, -0.05) is 12.8 Å². The van der Waals surface area contributed by atoms with Gasteiger partial charge in [0.2, 0.25) is 11.2 Å². The van der Waals surface area contributed by atoms with Crippen molar-refractivity contribution in [1.82, 2.24) is 9.97 Å². The van der Waals surface area contributed by atoms with Crippen molar-refractivity contribution >= 4 is 29.0 Å². The predicted molar refractivity (Wildman–Crippen MR) is 85.2 cm³/mol. The summed E-state index contributed by atoms with van der Waals surface area (Å²) in [5.74, 6) is 0.118. The van der Waals surface area contributed by atoms with Crippen molar-refractivity contribution in [2.45, 2.75) is 44.8 Å². The topological polar surface area (TPSA) is 69.6 Å². The Balaban J connectivity index is 2.08. The summed E-state index contributed by atoms with van der Waals surface area (Å²) in [6, 6.07) is 0.338. The molecular formula is C15H21ClN4O2. The second-order valence-corrected chi connectivity index (χ2v) is 6.52. The third-order valence-electron chi connectivity index (χ3n) is 4.74. The molecule has 120 valence electrons. The monoisotopic (exact) mass is 324 g/mol. The number of rotatable bonds is 2. The number of aliphatic hydroxyl groups is 1. The summed E-state index contributed by atoms with van der Waals surface area (Å²) in [7, 11) is 1.70. The fourth-order valence-corrected chi connectivity index (χ4v) is 3.56. The first-order valence-electron chi connectivity index (χ1n) is 7.74. The average Bonchev–Trinajstić information content (AvgIpc) is 2.97. The van der Waals surface area contributed by atoms with Gasteiger partial charge in [-0.3, -0.25) is 4.79 Å². The number of hydrogen-bond acceptors (Lipinski definition) is 5. The highest BCUT2D eigenvalue weighted by Crippen LogP contribution is 2.37. The first kappa shape index (κ1) is 15.5. The van der Waals surface area contributed by atoms with Crippen molar-refractivity contribution in [2.75, 3.05) is 23.4 Å². The molecule has 6 nitrogen and oxygen atoms in total. The minimum atomic E-state index is -0.711. The molecule has 2 unspecified atom stereocenters. The van der Waals surface area contributed by atoms with Crippen molar-refractivity contribution in [3.63, 3.8) is 0 Å². The van der Waals surface area contributed by atoms with E-state index in [0.29, 0.717) is 24.1 Å². The number of fused-ring (bicyclic) bond motifs is 1. The first-order chi connectivity index (χ1) is 10.5. The summed E-state index contributed by atoms with van der Waals surface area (Å²) in [5.41, 5.74) is 0.657. The normalized spacial score (nSPS) is 24.4. The SMILES string of the molecule is CC(O)C1CN(C2CCCC2)c2nc(Cl)ncc2N(C)C1=O. The molecule has 0 saturated heterocycles. The van der Waals surface area contributed by atoms with Crippen LogP contribution in [0.5, 0.6) is 0 Å². The Hall–Kier alpha value is -1.40. The van der Waals surface area contributed by atoms with Crippen LogP contribution in [-0.4, -0.2) is 46.7 Å². The van der Waals surface area contributed by atoms with Gasteiger partial charge in [0.15, 0.2) is 5.82 Å². The molecule has 1 fully saturated rings. The highest BCUT2D eigenvalue weighted by Gasteiger charge is 2.38. The number of nitrogens with zero attached hydrogens (tertiary/aromatic N) is 4. The van der Waals surface area contributed by atoms with Crippen molar-refractivity contribution in [3.05, 3.63) is 11.5 Å². The Kier molecular flexibility index (Phi) is 4.23. The summed E-state index contributed by atoms with van der Waals surface area (Å²) >= 11 is 5.98. The van der Waals surface area contributed by atoms with E-state index in [-0.39, 0.29) is 11.2 Å². The van der Waals surface area contributed by atoms with Crippen LogP contribution in [0.2, 0.25) is 5.28 Å². The molecule has 2 atom stereocenters. The van der Waals surface area contributed by atoms with Crippen LogP contribution in [0.1, 0.15) is 32.6 Å². The van der Waals surface area contributed by atoms with E-state index in [4.69, 9.17) is 11.6 Å². The molecule has 0 spiro atoms. The van der Waals surface area contributed by atoms with Crippen LogP contribution in [0, 0.1) is 5.92 Å². The van der Waals surface area contributed by atoms with Gasteiger partial charge in [0, 0.05) is 19.6 Å². The fraction of sp³-hybridized carbons (Fsp3) is 0.667. The number of amides is 1. The molecule has 1 aliphatic heterocycles. The Bertz CT molecular complexity index is 575. The Morgan fingerprint density at radius 2 is 2.09 bits per heavy atom. The first-order valence-corrected chi connectivity index (χ1v) is 8.11. The largest absolute Gasteiger partial charge is 0.393 e. The molecular weight excluding hydrogens is 304 g/mol. The molecule has 2 aliphatic rings. The van der Waals surface area contributed by atoms with E-state index < -0.39 is 12.0 Å². The van der Waals surface area contributed by atoms with E-state index >= 15 is 0 Å². The molecule has 7 heteroatoms. The maximum Gasteiger partial charge on any atom is 0.234 e. The van der Waals surface area contributed by atoms with Gasteiger partial charge in [-0.15, -0.1) is 0 Å². The molecule has 22 heavy (non-hydrogen) atoms. The highest BCUT2D eigenvalue weighted by molar-refractivity contribution is 6.28. The summed E-state index contributed by atoms with van der Waals surface area (Å²) in [5, 5.41) is 10.2. The van der Waals surface area contributed by atoms with Crippen LogP contribution in [0.25, 0.3) is 0 Å². The van der Waals surface area contributed by atoms with E-state index in [1.807, 2.05) is 0 Å². The molecule has 0 aromatic carbocycles. The maximum absolute atomic E-state index is 12.6. The average molecular weight is 325 g/mol. The van der Waals surface area contributed by atoms with Gasteiger partial charge in [-0.05, 0) is 31.4 Å². The van der Waals surface area contributed by atoms with E-state index in [9.17, 15) is 9.90 Å². The van der Waals surface area contributed by atoms with E-state index in [1.165, 1.54) is 17.7 Å². The second-order valence-electron chi connectivity index (χ2n) is 6.18. The molecule has 1 amide bonds. The lowest BCUT2D eigenvalue weighted by Gasteiger charge is -2.31. The number of carbonyl (C=O) groups is 1. The number of aromatic nitrogens is 2. The van der Waals surface area contributed by atoms with Gasteiger partial charge >= 0.3 is 0 Å². The zero-order valence-electron chi connectivity index (χ0n) is 12.9. The van der Waals surface area contributed by atoms with E-state index in [2.05, 4.69) is 14.9 Å². The van der Waals surface area contributed by atoms with Crippen molar-refractivity contribution in [3.8, 4) is 0 Å². The van der Waals surface area contributed by atoms with Crippen LogP contribution >= 0.6 is 11.6 Å². The fourth-order valence-electron chi connectivity index (χ4n) is 3.43. The number of carbonyl (C=O) groups excluding carboxylic acids is 1. The molecule has 1 saturated carbocycles. The van der Waals surface area contributed by atoms with E-state index in [1.54, 1.807) is 20.2 Å². The lowest BCUT2D eigenvalue weighted by atomic mass is 10.0. The third-order valence-corrected chi connectivity index (χ3v) is 4.93. The standard InChI is InChI=1S/C15H21ClN4O2/c1-9(21)11-8-20(10-5-3-4-6-10)13-12(19(2)14(11)22)7-17-15(16)18-13/h7,9-11,21H,3-6,8H2,1-2H3. The minimum Gasteiger partial charge on any atom is -0.393 e. The van der Waals surface area contributed by atoms with Gasteiger partial charge in [-0.2, -0.15) is 4.98 Å². The number of halogens is 1. The zero-order chi connectivity index (χ0) is 15.9. The van der Waals surface area contributed by atoms with Gasteiger partial charge in [0.1, 0.15) is 5.69 Å². The summed E-state index contributed by atoms with van der Waals surface area (Å²) in [6.45, 7) is 2.13. The summed E-state index contributed by atoms with van der Waals surface area (Å²) in [6.07, 6.45) is 5.39. The Morgan fingerprint density at radius 3 is 2.73 bits per heavy atom. The Morgan fingerprint density at radius 1 is 1.41 bits per heavy atom. The molecule has 1 aliphatic carbocycles. The Labute approximate surface area is 135 Å².